The number of ketones is 1. The molecule has 2 aliphatic heterocycles. The van der Waals surface area contributed by atoms with Gasteiger partial charge in [-0.05, 0) is 32.2 Å². The van der Waals surface area contributed by atoms with Crippen LogP contribution in [0.2, 0.25) is 0 Å². The largest absolute Gasteiger partial charge is 0.300 e. The zero-order valence-corrected chi connectivity index (χ0v) is 10.0. The molecule has 2 heterocycles. The van der Waals surface area contributed by atoms with E-state index in [1.807, 2.05) is 0 Å². The molecule has 3 fully saturated rings. The molecule has 1 aliphatic carbocycles. The Morgan fingerprint density at radius 2 is 2.06 bits per heavy atom. The van der Waals surface area contributed by atoms with E-state index in [1.54, 1.807) is 0 Å². The summed E-state index contributed by atoms with van der Waals surface area (Å²) in [6, 6.07) is 0.797. The summed E-state index contributed by atoms with van der Waals surface area (Å²) in [6.07, 6.45) is 5.86. The topological polar surface area (TPSA) is 23.6 Å². The fraction of sp³-hybridized carbons (Fsp3) is 0.923. The molecule has 16 heavy (non-hydrogen) atoms. The van der Waals surface area contributed by atoms with Gasteiger partial charge in [0.25, 0.3) is 0 Å². The van der Waals surface area contributed by atoms with Crippen LogP contribution in [0.15, 0.2) is 0 Å². The normalized spacial score (nSPS) is 36.9. The summed E-state index contributed by atoms with van der Waals surface area (Å²) in [5, 5.41) is 0. The van der Waals surface area contributed by atoms with Crippen LogP contribution in [0.1, 0.15) is 32.1 Å². The summed E-state index contributed by atoms with van der Waals surface area (Å²) in [6.45, 7) is 5.97. The molecule has 2 atom stereocenters. The van der Waals surface area contributed by atoms with E-state index in [9.17, 15) is 4.79 Å². The molecule has 0 bridgehead atoms. The summed E-state index contributed by atoms with van der Waals surface area (Å²) >= 11 is 0. The molecule has 0 aromatic carbocycles. The minimum Gasteiger partial charge on any atom is -0.300 e. The number of piperazine rings is 1. The van der Waals surface area contributed by atoms with E-state index in [4.69, 9.17) is 0 Å². The van der Waals surface area contributed by atoms with Gasteiger partial charge in [0.15, 0.2) is 0 Å². The Morgan fingerprint density at radius 1 is 1.12 bits per heavy atom. The quantitative estimate of drug-likeness (QED) is 0.700. The van der Waals surface area contributed by atoms with E-state index in [2.05, 4.69) is 9.80 Å². The minimum absolute atomic E-state index is 0.368. The van der Waals surface area contributed by atoms with Gasteiger partial charge in [0.05, 0.1) is 0 Å². The van der Waals surface area contributed by atoms with E-state index in [0.717, 1.165) is 31.8 Å². The van der Waals surface area contributed by atoms with Gasteiger partial charge in [-0.25, -0.2) is 0 Å². The maximum Gasteiger partial charge on any atom is 0.137 e. The monoisotopic (exact) mass is 222 g/mol. The number of carbonyl (C=O) groups is 1. The average molecular weight is 222 g/mol. The Labute approximate surface area is 97.8 Å². The number of rotatable bonds is 2. The van der Waals surface area contributed by atoms with Crippen LogP contribution in [0.25, 0.3) is 0 Å². The van der Waals surface area contributed by atoms with Gasteiger partial charge in [-0.1, -0.05) is 0 Å². The molecule has 0 amide bonds. The first-order valence-electron chi connectivity index (χ1n) is 6.82. The van der Waals surface area contributed by atoms with Crippen molar-refractivity contribution in [2.75, 3.05) is 32.7 Å². The third kappa shape index (κ3) is 2.03. The number of Topliss-reactive ketones (excluding diaryl/α,β-unsaturated/α-hetero) is 1. The van der Waals surface area contributed by atoms with Crippen molar-refractivity contribution in [2.24, 2.45) is 5.92 Å². The van der Waals surface area contributed by atoms with E-state index < -0.39 is 0 Å². The van der Waals surface area contributed by atoms with Crippen LogP contribution in [-0.2, 0) is 4.79 Å². The molecule has 0 N–H and O–H groups in total. The van der Waals surface area contributed by atoms with Gasteiger partial charge >= 0.3 is 0 Å². The summed E-state index contributed by atoms with van der Waals surface area (Å²) in [7, 11) is 0. The van der Waals surface area contributed by atoms with Crippen molar-refractivity contribution in [3.8, 4) is 0 Å². The summed E-state index contributed by atoms with van der Waals surface area (Å²) in [5.41, 5.74) is 0. The molecule has 3 heteroatoms. The van der Waals surface area contributed by atoms with Crippen LogP contribution in [0.4, 0.5) is 0 Å². The van der Waals surface area contributed by atoms with Crippen molar-refractivity contribution in [1.82, 2.24) is 9.80 Å². The molecular formula is C13H22N2O. The molecule has 3 nitrogen and oxygen atoms in total. The van der Waals surface area contributed by atoms with E-state index >= 15 is 0 Å². The predicted molar refractivity (Wildman–Crippen MR) is 63.4 cm³/mol. The van der Waals surface area contributed by atoms with Crippen molar-refractivity contribution < 1.29 is 4.79 Å². The number of fused-ring (bicyclic) bond motifs is 1. The second-order valence-corrected chi connectivity index (χ2v) is 5.65. The zero-order chi connectivity index (χ0) is 11.0. The molecule has 3 rings (SSSR count). The Balaban J connectivity index is 1.54. The lowest BCUT2D eigenvalue weighted by atomic mass is 10.0. The minimum atomic E-state index is 0.368. The fourth-order valence-corrected chi connectivity index (χ4v) is 3.61. The third-order valence-electron chi connectivity index (χ3n) is 4.58. The second kappa shape index (κ2) is 4.46. The highest BCUT2D eigenvalue weighted by atomic mass is 16.1. The van der Waals surface area contributed by atoms with Gasteiger partial charge in [-0.3, -0.25) is 14.6 Å². The van der Waals surface area contributed by atoms with Gasteiger partial charge in [0.2, 0.25) is 0 Å². The maximum atomic E-state index is 11.6. The van der Waals surface area contributed by atoms with Gasteiger partial charge in [0.1, 0.15) is 5.78 Å². The Morgan fingerprint density at radius 3 is 2.88 bits per heavy atom. The molecule has 90 valence electrons. The van der Waals surface area contributed by atoms with Crippen molar-refractivity contribution in [1.29, 1.82) is 0 Å². The molecule has 0 radical (unpaired) electrons. The van der Waals surface area contributed by atoms with Crippen LogP contribution >= 0.6 is 0 Å². The third-order valence-corrected chi connectivity index (χ3v) is 4.58. The molecule has 3 aliphatic rings. The molecule has 2 saturated heterocycles. The second-order valence-electron chi connectivity index (χ2n) is 5.65. The van der Waals surface area contributed by atoms with Gasteiger partial charge in [-0.2, -0.15) is 0 Å². The predicted octanol–water partition coefficient (Wildman–Crippen LogP) is 1.14. The van der Waals surface area contributed by atoms with E-state index in [0.29, 0.717) is 11.7 Å². The average Bonchev–Trinajstić information content (AvgIpc) is 2.88. The molecule has 0 aromatic heterocycles. The summed E-state index contributed by atoms with van der Waals surface area (Å²) in [5.74, 6) is 0.891. The molecule has 1 saturated carbocycles. The number of nitrogens with zero attached hydrogens (tertiary/aromatic N) is 2. The number of hydrogen-bond donors (Lipinski definition) is 0. The number of carbonyl (C=O) groups excluding carboxylic acids is 1. The molecular weight excluding hydrogens is 200 g/mol. The highest BCUT2D eigenvalue weighted by molar-refractivity contribution is 5.83. The maximum absolute atomic E-state index is 11.6. The van der Waals surface area contributed by atoms with Crippen LogP contribution < -0.4 is 0 Å². The lowest BCUT2D eigenvalue weighted by Gasteiger charge is -2.38. The Hall–Kier alpha value is -0.410. The standard InChI is InChI=1S/C13H22N2O/c16-13-5-1-3-11(13)9-14-7-8-15-6-2-4-12(15)10-14/h11-12H,1-10H2. The SMILES string of the molecule is O=C1CCCC1CN1CCN2CCCC2C1. The smallest absolute Gasteiger partial charge is 0.137 e. The highest BCUT2D eigenvalue weighted by Gasteiger charge is 2.33. The first-order chi connectivity index (χ1) is 7.83. The summed E-state index contributed by atoms with van der Waals surface area (Å²) in [4.78, 5) is 16.8. The van der Waals surface area contributed by atoms with Gasteiger partial charge in [0, 0.05) is 44.6 Å². The molecule has 2 unspecified atom stereocenters. The highest BCUT2D eigenvalue weighted by Crippen LogP contribution is 2.25. The molecule has 0 spiro atoms. The van der Waals surface area contributed by atoms with E-state index in [-0.39, 0.29) is 0 Å². The van der Waals surface area contributed by atoms with Crippen LogP contribution in [-0.4, -0.2) is 54.3 Å². The van der Waals surface area contributed by atoms with Crippen molar-refractivity contribution in [2.45, 2.75) is 38.1 Å². The number of hydrogen-bond acceptors (Lipinski definition) is 3. The van der Waals surface area contributed by atoms with Gasteiger partial charge < -0.3 is 0 Å². The fourth-order valence-electron chi connectivity index (χ4n) is 3.61. The zero-order valence-electron chi connectivity index (χ0n) is 10.0. The molecule has 0 aromatic rings. The van der Waals surface area contributed by atoms with Gasteiger partial charge in [-0.15, -0.1) is 0 Å². The lowest BCUT2D eigenvalue weighted by Crippen LogP contribution is -2.51. The first-order valence-corrected chi connectivity index (χ1v) is 6.82. The van der Waals surface area contributed by atoms with Crippen molar-refractivity contribution >= 4 is 5.78 Å². The van der Waals surface area contributed by atoms with Crippen LogP contribution in [0.5, 0.6) is 0 Å². The Bertz CT molecular complexity index is 279. The van der Waals surface area contributed by atoms with Crippen molar-refractivity contribution in [3.63, 3.8) is 0 Å². The van der Waals surface area contributed by atoms with Crippen LogP contribution in [0, 0.1) is 5.92 Å². The van der Waals surface area contributed by atoms with Crippen molar-refractivity contribution in [3.05, 3.63) is 0 Å². The van der Waals surface area contributed by atoms with E-state index in [1.165, 1.54) is 39.0 Å². The summed E-state index contributed by atoms with van der Waals surface area (Å²) < 4.78 is 0. The Kier molecular flexibility index (Phi) is 2.99. The first kappa shape index (κ1) is 10.7. The van der Waals surface area contributed by atoms with Crippen LogP contribution in [0.3, 0.4) is 0 Å². The lowest BCUT2D eigenvalue weighted by molar-refractivity contribution is -0.121.